The van der Waals surface area contributed by atoms with Gasteiger partial charge in [0.1, 0.15) is 0 Å². The molecule has 28 heavy (non-hydrogen) atoms. The lowest BCUT2D eigenvalue weighted by Gasteiger charge is -2.12. The first-order chi connectivity index (χ1) is 12.9. The third kappa shape index (κ3) is 5.26. The number of carbonyl (C=O) groups excluding carboxylic acids is 1. The fraction of sp³-hybridized carbons (Fsp3) is 0.474. The van der Waals surface area contributed by atoms with Crippen molar-refractivity contribution in [3.8, 4) is 5.69 Å². The first-order valence-corrected chi connectivity index (χ1v) is 9.16. The number of alkyl halides is 3. The van der Waals surface area contributed by atoms with Crippen molar-refractivity contribution in [3.05, 3.63) is 47.3 Å². The highest BCUT2D eigenvalue weighted by molar-refractivity contribution is 5.95. The monoisotopic (exact) mass is 416 g/mol. The summed E-state index contributed by atoms with van der Waals surface area (Å²) in [5.74, 6) is -0.0885. The van der Waals surface area contributed by atoms with Crippen molar-refractivity contribution in [3.63, 3.8) is 0 Å². The first kappa shape index (κ1) is 22.2. The first-order valence-electron chi connectivity index (χ1n) is 9.16. The zero-order valence-electron chi connectivity index (χ0n) is 15.6. The molecule has 154 valence electrons. The van der Waals surface area contributed by atoms with Gasteiger partial charge >= 0.3 is 6.18 Å². The van der Waals surface area contributed by atoms with Gasteiger partial charge in [0.2, 0.25) is 0 Å². The molecule has 1 aliphatic rings. The van der Waals surface area contributed by atoms with Crippen LogP contribution in [0.3, 0.4) is 0 Å². The predicted molar refractivity (Wildman–Crippen MR) is 103 cm³/mol. The minimum Gasteiger partial charge on any atom is -0.351 e. The Labute approximate surface area is 168 Å². The van der Waals surface area contributed by atoms with Gasteiger partial charge in [0.05, 0.1) is 28.7 Å². The topological polar surface area (TPSA) is 58.9 Å². The molecule has 1 fully saturated rings. The van der Waals surface area contributed by atoms with Crippen LogP contribution in [0.5, 0.6) is 0 Å². The Hall–Kier alpha value is -2.06. The smallest absolute Gasteiger partial charge is 0.351 e. The summed E-state index contributed by atoms with van der Waals surface area (Å²) in [6, 6.07) is 5.02. The summed E-state index contributed by atoms with van der Waals surface area (Å²) in [6.45, 7) is 4.10. The summed E-state index contributed by atoms with van der Waals surface area (Å²) in [5.41, 5.74) is 0.708. The molecule has 9 heteroatoms. The highest BCUT2D eigenvalue weighted by atomic mass is 35.5. The van der Waals surface area contributed by atoms with E-state index in [1.807, 2.05) is 0 Å². The second kappa shape index (κ2) is 9.43. The van der Waals surface area contributed by atoms with Crippen LogP contribution < -0.4 is 10.6 Å². The molecule has 2 N–H and O–H groups in total. The molecule has 5 nitrogen and oxygen atoms in total. The zero-order valence-corrected chi connectivity index (χ0v) is 16.4. The van der Waals surface area contributed by atoms with E-state index in [4.69, 9.17) is 0 Å². The predicted octanol–water partition coefficient (Wildman–Crippen LogP) is 3.92. The van der Waals surface area contributed by atoms with Gasteiger partial charge < -0.3 is 10.6 Å². The Bertz CT molecular complexity index is 803. The molecule has 3 rings (SSSR count). The van der Waals surface area contributed by atoms with E-state index in [1.165, 1.54) is 16.9 Å². The number of benzene rings is 1. The van der Waals surface area contributed by atoms with E-state index >= 15 is 0 Å². The Morgan fingerprint density at radius 3 is 2.64 bits per heavy atom. The number of carbonyl (C=O) groups is 1. The van der Waals surface area contributed by atoms with E-state index in [1.54, 1.807) is 6.07 Å². The SMILES string of the molecule is CCCNCCNC(=O)c1cnn(-c2cccc(C(F)(F)F)c2)c1C1CC1.Cl. The summed E-state index contributed by atoms with van der Waals surface area (Å²) < 4.78 is 40.5. The zero-order chi connectivity index (χ0) is 19.4. The molecular formula is C19H24ClF3N4O. The van der Waals surface area contributed by atoms with Crippen LogP contribution in [0.15, 0.2) is 30.5 Å². The number of nitrogens with one attached hydrogen (secondary N) is 2. The molecule has 2 aromatic rings. The number of rotatable bonds is 8. The van der Waals surface area contributed by atoms with Crippen molar-refractivity contribution >= 4 is 18.3 Å². The number of hydrogen-bond acceptors (Lipinski definition) is 3. The van der Waals surface area contributed by atoms with Gasteiger partial charge in [-0.3, -0.25) is 4.79 Å². The fourth-order valence-corrected chi connectivity index (χ4v) is 2.96. The van der Waals surface area contributed by atoms with Crippen LogP contribution in [0.1, 0.15) is 53.7 Å². The van der Waals surface area contributed by atoms with Gasteiger partial charge in [-0.15, -0.1) is 12.4 Å². The van der Waals surface area contributed by atoms with Crippen LogP contribution >= 0.6 is 12.4 Å². The van der Waals surface area contributed by atoms with Gasteiger partial charge in [-0.2, -0.15) is 18.3 Å². The second-order valence-electron chi connectivity index (χ2n) is 6.68. The van der Waals surface area contributed by atoms with Crippen LogP contribution in [0.2, 0.25) is 0 Å². The van der Waals surface area contributed by atoms with Crippen LogP contribution in [-0.4, -0.2) is 35.3 Å². The van der Waals surface area contributed by atoms with E-state index in [0.29, 0.717) is 30.0 Å². The third-order valence-electron chi connectivity index (χ3n) is 4.45. The van der Waals surface area contributed by atoms with Gasteiger partial charge in [-0.1, -0.05) is 13.0 Å². The van der Waals surface area contributed by atoms with Crippen molar-refractivity contribution in [1.29, 1.82) is 0 Å². The normalized spacial score (nSPS) is 13.9. The highest BCUT2D eigenvalue weighted by Crippen LogP contribution is 2.42. The van der Waals surface area contributed by atoms with Crippen LogP contribution in [-0.2, 0) is 6.18 Å². The summed E-state index contributed by atoms with van der Waals surface area (Å²) in [6.07, 6.45) is -0.146. The maximum absolute atomic E-state index is 13.0. The summed E-state index contributed by atoms with van der Waals surface area (Å²) >= 11 is 0. The number of hydrogen-bond donors (Lipinski definition) is 2. The Balaban J connectivity index is 0.00000280. The molecule has 0 aliphatic heterocycles. The minimum absolute atomic E-state index is 0. The minimum atomic E-state index is -4.42. The quantitative estimate of drug-likeness (QED) is 0.641. The van der Waals surface area contributed by atoms with Crippen molar-refractivity contribution in [1.82, 2.24) is 20.4 Å². The van der Waals surface area contributed by atoms with Crippen LogP contribution in [0.25, 0.3) is 5.69 Å². The van der Waals surface area contributed by atoms with Crippen LogP contribution in [0.4, 0.5) is 13.2 Å². The van der Waals surface area contributed by atoms with Gasteiger partial charge in [0.25, 0.3) is 5.91 Å². The molecule has 1 aromatic carbocycles. The molecule has 0 saturated heterocycles. The molecule has 1 heterocycles. The Morgan fingerprint density at radius 1 is 1.25 bits per heavy atom. The van der Waals surface area contributed by atoms with Crippen LogP contribution in [0, 0.1) is 0 Å². The van der Waals surface area contributed by atoms with E-state index in [0.717, 1.165) is 37.9 Å². The average Bonchev–Trinajstić information content (AvgIpc) is 3.38. The summed E-state index contributed by atoms with van der Waals surface area (Å²) in [4.78, 5) is 12.5. The largest absolute Gasteiger partial charge is 0.416 e. The number of halogens is 4. The number of nitrogens with zero attached hydrogens (tertiary/aromatic N) is 2. The molecule has 0 unspecified atom stereocenters. The average molecular weight is 417 g/mol. The van der Waals surface area contributed by atoms with E-state index in [9.17, 15) is 18.0 Å². The third-order valence-corrected chi connectivity index (χ3v) is 4.45. The van der Waals surface area contributed by atoms with Crippen molar-refractivity contribution in [2.24, 2.45) is 0 Å². The summed E-state index contributed by atoms with van der Waals surface area (Å²) in [5, 5.41) is 10.3. The number of aromatic nitrogens is 2. The lowest BCUT2D eigenvalue weighted by atomic mass is 10.1. The molecule has 0 radical (unpaired) electrons. The molecule has 0 spiro atoms. The van der Waals surface area contributed by atoms with Crippen molar-refractivity contribution in [2.45, 2.75) is 38.3 Å². The second-order valence-corrected chi connectivity index (χ2v) is 6.68. The molecule has 1 aliphatic carbocycles. The molecule has 1 aromatic heterocycles. The lowest BCUT2D eigenvalue weighted by molar-refractivity contribution is -0.137. The van der Waals surface area contributed by atoms with E-state index < -0.39 is 11.7 Å². The molecule has 0 atom stereocenters. The van der Waals surface area contributed by atoms with E-state index in [-0.39, 0.29) is 24.2 Å². The van der Waals surface area contributed by atoms with E-state index in [2.05, 4.69) is 22.7 Å². The Morgan fingerprint density at radius 2 is 2.00 bits per heavy atom. The molecule has 1 saturated carbocycles. The van der Waals surface area contributed by atoms with Gasteiger partial charge in [0.15, 0.2) is 0 Å². The Kier molecular flexibility index (Phi) is 7.48. The maximum Gasteiger partial charge on any atom is 0.416 e. The molecular weight excluding hydrogens is 393 g/mol. The van der Waals surface area contributed by atoms with Crippen molar-refractivity contribution in [2.75, 3.05) is 19.6 Å². The lowest BCUT2D eigenvalue weighted by Crippen LogP contribution is -2.32. The fourth-order valence-electron chi connectivity index (χ4n) is 2.96. The summed E-state index contributed by atoms with van der Waals surface area (Å²) in [7, 11) is 0. The van der Waals surface area contributed by atoms with Gasteiger partial charge in [0, 0.05) is 19.0 Å². The van der Waals surface area contributed by atoms with Gasteiger partial charge in [-0.25, -0.2) is 4.68 Å². The standard InChI is InChI=1S/C19H23F3N4O.ClH/c1-2-8-23-9-10-24-18(27)16-12-25-26(17(16)13-6-7-13)15-5-3-4-14(11-15)19(20,21)22;/h3-5,11-13,23H,2,6-10H2,1H3,(H,24,27);1H. The van der Waals surface area contributed by atoms with Crippen molar-refractivity contribution < 1.29 is 18.0 Å². The highest BCUT2D eigenvalue weighted by Gasteiger charge is 2.34. The maximum atomic E-state index is 13.0. The van der Waals surface area contributed by atoms with Gasteiger partial charge in [-0.05, 0) is 44.0 Å². The molecule has 0 bridgehead atoms. The molecule has 1 amide bonds. The number of amides is 1.